The highest BCUT2D eigenvalue weighted by Gasteiger charge is 2.21. The molecule has 1 amide bonds. The smallest absolute Gasteiger partial charge is 0.237 e. The number of nitrogens with one attached hydrogen (secondary N) is 2. The van der Waals surface area contributed by atoms with Gasteiger partial charge in [-0.25, -0.2) is 0 Å². The molecule has 0 radical (unpaired) electrons. The number of hydrogen-bond acceptors (Lipinski definition) is 2. The molecule has 1 saturated heterocycles. The van der Waals surface area contributed by atoms with E-state index in [9.17, 15) is 4.79 Å². The summed E-state index contributed by atoms with van der Waals surface area (Å²) in [5, 5.41) is 6.13. The van der Waals surface area contributed by atoms with Crippen molar-refractivity contribution in [2.24, 2.45) is 0 Å². The molecule has 0 spiro atoms. The molecular weight excluding hydrogens is 304 g/mol. The van der Waals surface area contributed by atoms with Crippen LogP contribution >= 0.6 is 28.3 Å². The Kier molecular flexibility index (Phi) is 5.95. The van der Waals surface area contributed by atoms with Gasteiger partial charge < -0.3 is 10.6 Å². The number of carbonyl (C=O) groups is 1. The first-order chi connectivity index (χ1) is 7.77. The molecule has 1 aliphatic rings. The summed E-state index contributed by atoms with van der Waals surface area (Å²) < 4.78 is 1.04. The summed E-state index contributed by atoms with van der Waals surface area (Å²) in [5.74, 6) is 0.105. The van der Waals surface area contributed by atoms with E-state index in [1.165, 1.54) is 0 Å². The average molecular weight is 320 g/mol. The Bertz CT molecular complexity index is 381. The van der Waals surface area contributed by atoms with Crippen LogP contribution in [0.15, 0.2) is 28.7 Å². The first kappa shape index (κ1) is 14.5. The molecule has 1 aliphatic heterocycles. The zero-order valence-corrected chi connectivity index (χ0v) is 11.8. The van der Waals surface area contributed by atoms with E-state index in [0.717, 1.165) is 29.4 Å². The lowest BCUT2D eigenvalue weighted by molar-refractivity contribution is -0.122. The van der Waals surface area contributed by atoms with E-state index in [4.69, 9.17) is 0 Å². The summed E-state index contributed by atoms with van der Waals surface area (Å²) in [7, 11) is 0. The van der Waals surface area contributed by atoms with Crippen LogP contribution in [0.3, 0.4) is 0 Å². The van der Waals surface area contributed by atoms with Gasteiger partial charge in [-0.3, -0.25) is 4.79 Å². The Balaban J connectivity index is 0.00000144. The average Bonchev–Trinajstić information content (AvgIpc) is 2.81. The SMILES string of the molecule is Cl.O=C(NCc1ccccc1Br)C1CCCN1. The van der Waals surface area contributed by atoms with E-state index in [1.54, 1.807) is 0 Å². The van der Waals surface area contributed by atoms with Crippen LogP contribution in [0, 0.1) is 0 Å². The number of halogens is 2. The molecule has 0 aliphatic carbocycles. The van der Waals surface area contributed by atoms with Crippen molar-refractivity contribution in [3.05, 3.63) is 34.3 Å². The molecule has 17 heavy (non-hydrogen) atoms. The molecular formula is C12H16BrClN2O. The molecule has 1 heterocycles. The molecule has 2 rings (SSSR count). The number of amides is 1. The Labute approximate surface area is 116 Å². The molecule has 0 aromatic heterocycles. The largest absolute Gasteiger partial charge is 0.351 e. The minimum absolute atomic E-state index is 0. The molecule has 2 N–H and O–H groups in total. The predicted octanol–water partition coefficient (Wildman–Crippen LogP) is 2.24. The highest BCUT2D eigenvalue weighted by atomic mass is 79.9. The molecule has 0 saturated carbocycles. The highest BCUT2D eigenvalue weighted by molar-refractivity contribution is 9.10. The van der Waals surface area contributed by atoms with E-state index in [0.29, 0.717) is 6.54 Å². The zero-order valence-electron chi connectivity index (χ0n) is 9.41. The Hall–Kier alpha value is -0.580. The standard InChI is InChI=1S/C12H15BrN2O.ClH/c13-10-5-2-1-4-9(10)8-15-12(16)11-6-3-7-14-11;/h1-2,4-5,11,14H,3,6-8H2,(H,15,16);1H. The van der Waals surface area contributed by atoms with Gasteiger partial charge in [0, 0.05) is 11.0 Å². The molecule has 3 nitrogen and oxygen atoms in total. The van der Waals surface area contributed by atoms with E-state index in [1.807, 2.05) is 24.3 Å². The number of rotatable bonds is 3. The fourth-order valence-corrected chi connectivity index (χ4v) is 2.28. The minimum Gasteiger partial charge on any atom is -0.351 e. The second-order valence-electron chi connectivity index (χ2n) is 3.96. The quantitative estimate of drug-likeness (QED) is 0.897. The van der Waals surface area contributed by atoms with E-state index in [-0.39, 0.29) is 24.4 Å². The van der Waals surface area contributed by atoms with Crippen LogP contribution in [0.2, 0.25) is 0 Å². The van der Waals surface area contributed by atoms with Crippen molar-refractivity contribution in [1.29, 1.82) is 0 Å². The Morgan fingerprint density at radius 2 is 2.24 bits per heavy atom. The number of benzene rings is 1. The summed E-state index contributed by atoms with van der Waals surface area (Å²) in [6.45, 7) is 1.53. The summed E-state index contributed by atoms with van der Waals surface area (Å²) in [6.07, 6.45) is 2.04. The molecule has 1 unspecified atom stereocenters. The predicted molar refractivity (Wildman–Crippen MR) is 74.3 cm³/mol. The summed E-state index contributed by atoms with van der Waals surface area (Å²) in [4.78, 5) is 11.7. The first-order valence-electron chi connectivity index (χ1n) is 5.52. The minimum atomic E-state index is 0. The van der Waals surface area contributed by atoms with Crippen molar-refractivity contribution < 1.29 is 4.79 Å². The van der Waals surface area contributed by atoms with Gasteiger partial charge in [0.15, 0.2) is 0 Å². The van der Waals surface area contributed by atoms with E-state index < -0.39 is 0 Å². The van der Waals surface area contributed by atoms with Crippen molar-refractivity contribution in [2.45, 2.75) is 25.4 Å². The molecule has 94 valence electrons. The van der Waals surface area contributed by atoms with Gasteiger partial charge in [0.05, 0.1) is 6.04 Å². The van der Waals surface area contributed by atoms with Crippen molar-refractivity contribution >= 4 is 34.2 Å². The van der Waals surface area contributed by atoms with Gasteiger partial charge in [-0.05, 0) is 31.0 Å². The molecule has 1 atom stereocenters. The van der Waals surface area contributed by atoms with Crippen molar-refractivity contribution in [3.63, 3.8) is 0 Å². The second kappa shape index (κ2) is 6.99. The maximum Gasteiger partial charge on any atom is 0.237 e. The maximum absolute atomic E-state index is 11.7. The fourth-order valence-electron chi connectivity index (χ4n) is 1.86. The third kappa shape index (κ3) is 3.98. The highest BCUT2D eigenvalue weighted by Crippen LogP contribution is 2.15. The van der Waals surface area contributed by atoms with Crippen molar-refractivity contribution in [1.82, 2.24) is 10.6 Å². The van der Waals surface area contributed by atoms with Gasteiger partial charge in [0.2, 0.25) is 5.91 Å². The van der Waals surface area contributed by atoms with Crippen LogP contribution in [0.25, 0.3) is 0 Å². The first-order valence-corrected chi connectivity index (χ1v) is 6.31. The van der Waals surface area contributed by atoms with E-state index >= 15 is 0 Å². The third-order valence-corrected chi connectivity index (χ3v) is 3.56. The fraction of sp³-hybridized carbons (Fsp3) is 0.417. The van der Waals surface area contributed by atoms with Gasteiger partial charge >= 0.3 is 0 Å². The lowest BCUT2D eigenvalue weighted by Gasteiger charge is -2.11. The van der Waals surface area contributed by atoms with E-state index in [2.05, 4.69) is 26.6 Å². The molecule has 1 fully saturated rings. The molecule has 1 aromatic rings. The number of hydrogen-bond donors (Lipinski definition) is 2. The van der Waals surface area contributed by atoms with Gasteiger partial charge in [0.1, 0.15) is 0 Å². The van der Waals surface area contributed by atoms with Crippen LogP contribution in [0.4, 0.5) is 0 Å². The Morgan fingerprint density at radius 1 is 1.47 bits per heavy atom. The van der Waals surface area contributed by atoms with Gasteiger partial charge in [-0.2, -0.15) is 0 Å². The lowest BCUT2D eigenvalue weighted by atomic mass is 10.2. The van der Waals surface area contributed by atoms with Crippen LogP contribution in [-0.2, 0) is 11.3 Å². The summed E-state index contributed by atoms with van der Waals surface area (Å²) >= 11 is 3.46. The van der Waals surface area contributed by atoms with Gasteiger partial charge in [-0.1, -0.05) is 34.1 Å². The molecule has 1 aromatic carbocycles. The maximum atomic E-state index is 11.7. The topological polar surface area (TPSA) is 41.1 Å². The number of carbonyl (C=O) groups excluding carboxylic acids is 1. The summed E-state index contributed by atoms with van der Waals surface area (Å²) in [6, 6.07) is 7.93. The Morgan fingerprint density at radius 3 is 2.88 bits per heavy atom. The normalized spacial score (nSPS) is 18.5. The van der Waals surface area contributed by atoms with Crippen molar-refractivity contribution in [2.75, 3.05) is 6.54 Å². The van der Waals surface area contributed by atoms with Gasteiger partial charge in [-0.15, -0.1) is 12.4 Å². The second-order valence-corrected chi connectivity index (χ2v) is 4.81. The monoisotopic (exact) mass is 318 g/mol. The van der Waals surface area contributed by atoms with Crippen LogP contribution in [-0.4, -0.2) is 18.5 Å². The summed E-state index contributed by atoms with van der Waals surface area (Å²) in [5.41, 5.74) is 1.11. The van der Waals surface area contributed by atoms with Gasteiger partial charge in [0.25, 0.3) is 0 Å². The zero-order chi connectivity index (χ0) is 11.4. The van der Waals surface area contributed by atoms with Crippen LogP contribution in [0.1, 0.15) is 18.4 Å². The van der Waals surface area contributed by atoms with Crippen LogP contribution in [0.5, 0.6) is 0 Å². The molecule has 5 heteroatoms. The molecule has 0 bridgehead atoms. The lowest BCUT2D eigenvalue weighted by Crippen LogP contribution is -2.40. The van der Waals surface area contributed by atoms with Crippen molar-refractivity contribution in [3.8, 4) is 0 Å². The van der Waals surface area contributed by atoms with Crippen LogP contribution < -0.4 is 10.6 Å². The third-order valence-electron chi connectivity index (χ3n) is 2.79.